The Balaban J connectivity index is 2.17. The Morgan fingerprint density at radius 3 is 1.62 bits per heavy atom. The first-order valence-electron chi connectivity index (χ1n) is 10.9. The molecule has 1 amide bonds. The van der Waals surface area contributed by atoms with E-state index in [1.807, 2.05) is 91.0 Å². The summed E-state index contributed by atoms with van der Waals surface area (Å²) in [5.74, 6) is -1.16. The van der Waals surface area contributed by atoms with Gasteiger partial charge in [0.1, 0.15) is 5.60 Å². The molecule has 34 heavy (non-hydrogen) atoms. The van der Waals surface area contributed by atoms with Crippen LogP contribution in [0, 0.1) is 0 Å². The van der Waals surface area contributed by atoms with E-state index in [-0.39, 0.29) is 12.1 Å². The van der Waals surface area contributed by atoms with Crippen molar-refractivity contribution >= 4 is 35.0 Å². The van der Waals surface area contributed by atoms with Gasteiger partial charge in [0.2, 0.25) is 0 Å². The van der Waals surface area contributed by atoms with Crippen molar-refractivity contribution in [3.8, 4) is 0 Å². The number of ether oxygens (including phenoxy) is 1. The molecule has 0 aliphatic heterocycles. The highest BCUT2D eigenvalue weighted by molar-refractivity contribution is 7.87. The van der Waals surface area contributed by atoms with Gasteiger partial charge >= 0.3 is 12.1 Å². The maximum atomic E-state index is 12.1. The molecule has 3 aromatic carbocycles. The fourth-order valence-corrected chi connectivity index (χ4v) is 6.81. The molecular formula is C27H29N2O4P. The van der Waals surface area contributed by atoms with E-state index in [0.29, 0.717) is 0 Å². The number of nitrogens with one attached hydrogen (secondary N) is 1. The molecule has 0 spiro atoms. The number of carbonyl (C=O) groups is 2. The van der Waals surface area contributed by atoms with Crippen molar-refractivity contribution in [1.82, 2.24) is 5.32 Å². The number of alkyl carbamates (subject to hydrolysis) is 1. The van der Waals surface area contributed by atoms with E-state index >= 15 is 0 Å². The summed E-state index contributed by atoms with van der Waals surface area (Å²) in [5.41, 5.74) is -0.728. The number of carboxylic acid groups (broad SMARTS) is 1. The summed E-state index contributed by atoms with van der Waals surface area (Å²) in [4.78, 5) is 24.1. The van der Waals surface area contributed by atoms with E-state index in [0.717, 1.165) is 15.9 Å². The number of rotatable bonds is 7. The minimum atomic E-state index is -2.59. The van der Waals surface area contributed by atoms with E-state index in [4.69, 9.17) is 9.48 Å². The summed E-state index contributed by atoms with van der Waals surface area (Å²) in [6.45, 7) is 5.02. The van der Waals surface area contributed by atoms with Crippen LogP contribution in [-0.2, 0) is 9.53 Å². The number of benzene rings is 3. The second-order valence-electron chi connectivity index (χ2n) is 8.57. The van der Waals surface area contributed by atoms with Crippen LogP contribution in [0.4, 0.5) is 4.79 Å². The molecule has 0 radical (unpaired) electrons. The summed E-state index contributed by atoms with van der Waals surface area (Å²) in [7, 11) is -2.59. The van der Waals surface area contributed by atoms with Crippen LogP contribution in [0.25, 0.3) is 0 Å². The predicted molar refractivity (Wildman–Crippen MR) is 138 cm³/mol. The van der Waals surface area contributed by atoms with Crippen LogP contribution in [0.1, 0.15) is 20.8 Å². The van der Waals surface area contributed by atoms with Crippen LogP contribution in [0.15, 0.2) is 108 Å². The van der Waals surface area contributed by atoms with Gasteiger partial charge < -0.3 is 15.2 Å². The molecular weight excluding hydrogens is 447 g/mol. The standard InChI is InChI=1S/C27H29N2O4P/c1-27(2,3)33-26(32)28-19-21(25(30)31)20-29-34(22-13-7-4-8-14-22,23-15-9-5-10-16-23)24-17-11-6-12-18-24/h4-18,20H,19H2,1-3H3,(H,28,32)(H,30,31)/b21-20+. The Morgan fingerprint density at radius 2 is 1.26 bits per heavy atom. The summed E-state index contributed by atoms with van der Waals surface area (Å²) < 4.78 is 10.2. The van der Waals surface area contributed by atoms with Gasteiger partial charge in [0.15, 0.2) is 0 Å². The van der Waals surface area contributed by atoms with E-state index in [1.54, 1.807) is 20.8 Å². The number of aliphatic carboxylic acids is 1. The van der Waals surface area contributed by atoms with E-state index in [2.05, 4.69) is 5.32 Å². The van der Waals surface area contributed by atoms with Crippen molar-refractivity contribution < 1.29 is 19.4 Å². The number of carbonyl (C=O) groups excluding carboxylic acids is 1. The highest BCUT2D eigenvalue weighted by atomic mass is 31.2. The van der Waals surface area contributed by atoms with Crippen LogP contribution in [0.2, 0.25) is 0 Å². The predicted octanol–water partition coefficient (Wildman–Crippen LogP) is 4.66. The SMILES string of the molecule is CC(C)(C)OC(=O)NC/C(=C\N=P(c1ccccc1)(c1ccccc1)c1ccccc1)C(=O)O. The summed E-state index contributed by atoms with van der Waals surface area (Å²) in [5, 5.41) is 15.3. The van der Waals surface area contributed by atoms with Crippen molar-refractivity contribution in [2.75, 3.05) is 6.54 Å². The lowest BCUT2D eigenvalue weighted by molar-refractivity contribution is -0.132. The third-order valence-corrected chi connectivity index (χ3v) is 8.47. The average molecular weight is 477 g/mol. The zero-order valence-corrected chi connectivity index (χ0v) is 20.4. The van der Waals surface area contributed by atoms with Crippen LogP contribution >= 0.6 is 7.05 Å². The number of carboxylic acids is 1. The molecule has 6 nitrogen and oxygen atoms in total. The number of nitrogens with zero attached hydrogens (tertiary/aromatic N) is 1. The zero-order chi connectivity index (χ0) is 24.6. The average Bonchev–Trinajstić information content (AvgIpc) is 2.82. The van der Waals surface area contributed by atoms with Gasteiger partial charge in [-0.2, -0.15) is 0 Å². The summed E-state index contributed by atoms with van der Waals surface area (Å²) in [6.07, 6.45) is 0.690. The minimum absolute atomic E-state index is 0.0435. The lowest BCUT2D eigenvalue weighted by Gasteiger charge is -2.26. The fourth-order valence-electron chi connectivity index (χ4n) is 3.39. The molecule has 0 bridgehead atoms. The molecule has 0 saturated carbocycles. The molecule has 0 aromatic heterocycles. The molecule has 3 rings (SSSR count). The third-order valence-electron chi connectivity index (χ3n) is 4.87. The second-order valence-corrected chi connectivity index (χ2v) is 11.6. The molecule has 3 aromatic rings. The van der Waals surface area contributed by atoms with Crippen LogP contribution in [0.5, 0.6) is 0 Å². The maximum absolute atomic E-state index is 12.1. The zero-order valence-electron chi connectivity index (χ0n) is 19.5. The highest BCUT2D eigenvalue weighted by Crippen LogP contribution is 2.46. The number of amides is 1. The molecule has 0 heterocycles. The fraction of sp³-hybridized carbons (Fsp3) is 0.185. The van der Waals surface area contributed by atoms with Crippen molar-refractivity contribution in [2.24, 2.45) is 4.74 Å². The van der Waals surface area contributed by atoms with Gasteiger partial charge in [0, 0.05) is 22.1 Å². The lowest BCUT2D eigenvalue weighted by Crippen LogP contribution is -2.34. The van der Waals surface area contributed by atoms with Gasteiger partial charge in [-0.3, -0.25) is 4.74 Å². The van der Waals surface area contributed by atoms with Gasteiger partial charge in [0.05, 0.1) is 19.2 Å². The lowest BCUT2D eigenvalue weighted by atomic mass is 10.2. The largest absolute Gasteiger partial charge is 0.478 e. The molecule has 2 N–H and O–H groups in total. The monoisotopic (exact) mass is 476 g/mol. The summed E-state index contributed by atoms with van der Waals surface area (Å²) in [6, 6.07) is 29.7. The Hall–Kier alpha value is -3.63. The molecule has 176 valence electrons. The second kappa shape index (κ2) is 11.0. The van der Waals surface area contributed by atoms with Crippen LogP contribution in [0.3, 0.4) is 0 Å². The van der Waals surface area contributed by atoms with Gasteiger partial charge in [-0.05, 0) is 20.8 Å². The quantitative estimate of drug-likeness (QED) is 0.384. The molecule has 7 heteroatoms. The maximum Gasteiger partial charge on any atom is 0.407 e. The number of hydrogen-bond acceptors (Lipinski definition) is 4. The van der Waals surface area contributed by atoms with Gasteiger partial charge in [-0.25, -0.2) is 9.59 Å². The van der Waals surface area contributed by atoms with Crippen LogP contribution < -0.4 is 21.2 Å². The van der Waals surface area contributed by atoms with E-state index in [1.165, 1.54) is 6.20 Å². The first-order chi connectivity index (χ1) is 16.2. The number of hydrogen-bond donors (Lipinski definition) is 2. The Labute approximate surface area is 200 Å². The van der Waals surface area contributed by atoms with Crippen molar-refractivity contribution in [3.63, 3.8) is 0 Å². The van der Waals surface area contributed by atoms with E-state index < -0.39 is 24.7 Å². The van der Waals surface area contributed by atoms with Crippen molar-refractivity contribution in [1.29, 1.82) is 0 Å². The Bertz CT molecular complexity index is 1100. The summed E-state index contributed by atoms with van der Waals surface area (Å²) >= 11 is 0. The topological polar surface area (TPSA) is 88.0 Å². The normalized spacial score (nSPS) is 12.0. The highest BCUT2D eigenvalue weighted by Gasteiger charge is 2.27. The van der Waals surface area contributed by atoms with Gasteiger partial charge in [-0.15, -0.1) is 0 Å². The van der Waals surface area contributed by atoms with Crippen molar-refractivity contribution in [3.05, 3.63) is 103 Å². The van der Waals surface area contributed by atoms with Gasteiger partial charge in [0.25, 0.3) is 0 Å². The molecule has 0 atom stereocenters. The smallest absolute Gasteiger partial charge is 0.407 e. The first-order valence-corrected chi connectivity index (χ1v) is 12.6. The molecule has 0 aliphatic rings. The molecule has 0 unspecified atom stereocenters. The molecule has 0 saturated heterocycles. The minimum Gasteiger partial charge on any atom is -0.478 e. The molecule has 0 aliphatic carbocycles. The van der Waals surface area contributed by atoms with Crippen molar-refractivity contribution in [2.45, 2.75) is 26.4 Å². The first kappa shape index (κ1) is 25.0. The third kappa shape index (κ3) is 6.24. The Kier molecular flexibility index (Phi) is 8.08. The molecule has 0 fully saturated rings. The Morgan fingerprint density at radius 1 is 0.853 bits per heavy atom. The van der Waals surface area contributed by atoms with E-state index in [9.17, 15) is 14.7 Å². The van der Waals surface area contributed by atoms with Gasteiger partial charge in [-0.1, -0.05) is 91.0 Å². The van der Waals surface area contributed by atoms with Crippen LogP contribution in [-0.4, -0.2) is 29.3 Å².